The fourth-order valence-corrected chi connectivity index (χ4v) is 7.77. The molecule has 2 aromatic carbocycles. The fourth-order valence-electron chi connectivity index (χ4n) is 6.56. The second-order valence-electron chi connectivity index (χ2n) is 12.3. The van der Waals surface area contributed by atoms with Crippen molar-refractivity contribution in [2.24, 2.45) is 17.8 Å². The van der Waals surface area contributed by atoms with Crippen LogP contribution in [0.15, 0.2) is 48.6 Å². The average Bonchev–Trinajstić information content (AvgIpc) is 3.15. The van der Waals surface area contributed by atoms with E-state index in [2.05, 4.69) is 47.8 Å². The molecular weight excluding hydrogens is 568 g/mol. The standard InChI is InChI=1S/C34H45ClN2O4S/c1-5-6-9-24-17-28(35)13-15-29(24)27-20-37-19-26-11-14-30(26)32(40-4)10-7-8-22(2)23(3)42(39)36-34(38)25-12-16-33(41-21-27)31(37)18-25/h7,10,12-13,15-18,22-23,26-27,30,32H,5-6,8-9,11,14,19-21H2,1-4H3,(H,36,38)/b10-7+. The lowest BCUT2D eigenvalue weighted by molar-refractivity contribution is 0.0134. The fraction of sp³-hybridized carbons (Fsp3) is 0.559. The minimum atomic E-state index is -1.50. The van der Waals surface area contributed by atoms with Gasteiger partial charge >= 0.3 is 0 Å². The topological polar surface area (TPSA) is 67.9 Å². The van der Waals surface area contributed by atoms with Crippen LogP contribution >= 0.6 is 11.6 Å². The number of halogens is 1. The van der Waals surface area contributed by atoms with E-state index in [9.17, 15) is 9.00 Å². The molecule has 1 saturated carbocycles. The van der Waals surface area contributed by atoms with E-state index >= 15 is 0 Å². The number of nitrogens with zero attached hydrogens (tertiary/aromatic N) is 1. The largest absolute Gasteiger partial charge is 0.491 e. The monoisotopic (exact) mass is 612 g/mol. The van der Waals surface area contributed by atoms with Gasteiger partial charge in [-0.15, -0.1) is 0 Å². The number of rotatable bonds is 5. The van der Waals surface area contributed by atoms with Crippen LogP contribution in [0, 0.1) is 17.8 Å². The van der Waals surface area contributed by atoms with Gasteiger partial charge in [0.05, 0.1) is 23.6 Å². The van der Waals surface area contributed by atoms with Crippen LogP contribution in [0.25, 0.3) is 0 Å². The molecule has 228 valence electrons. The molecule has 0 radical (unpaired) electrons. The SMILES string of the molecule is CCCCc1cc(Cl)ccc1C1COc2ccc3cc2N(C1)CC1CCC1C(OC)/C=C/CC(C)C(C)S(=O)NC3=O. The highest BCUT2D eigenvalue weighted by atomic mass is 35.5. The van der Waals surface area contributed by atoms with Crippen molar-refractivity contribution in [3.05, 3.63) is 70.3 Å². The van der Waals surface area contributed by atoms with Gasteiger partial charge in [-0.25, -0.2) is 4.21 Å². The zero-order chi connectivity index (χ0) is 29.8. The lowest BCUT2D eigenvalue weighted by atomic mass is 9.70. The van der Waals surface area contributed by atoms with Crippen molar-refractivity contribution in [1.29, 1.82) is 0 Å². The number of hydrogen-bond acceptors (Lipinski definition) is 5. The van der Waals surface area contributed by atoms with Gasteiger partial charge in [-0.05, 0) is 98.2 Å². The van der Waals surface area contributed by atoms with Crippen molar-refractivity contribution in [1.82, 2.24) is 4.72 Å². The Hall–Kier alpha value is -2.35. The number of hydrogen-bond donors (Lipinski definition) is 1. The number of carbonyl (C=O) groups excluding carboxylic acids is 1. The van der Waals surface area contributed by atoms with Gasteiger partial charge in [0.1, 0.15) is 16.7 Å². The van der Waals surface area contributed by atoms with Crippen molar-refractivity contribution >= 4 is 34.2 Å². The van der Waals surface area contributed by atoms with Gasteiger partial charge in [-0.2, -0.15) is 0 Å². The van der Waals surface area contributed by atoms with Gasteiger partial charge in [0, 0.05) is 36.7 Å². The summed E-state index contributed by atoms with van der Waals surface area (Å²) in [5, 5.41) is 0.576. The third kappa shape index (κ3) is 6.89. The summed E-state index contributed by atoms with van der Waals surface area (Å²) < 4.78 is 28.4. The maximum absolute atomic E-state index is 13.3. The quantitative estimate of drug-likeness (QED) is 0.365. The Balaban J connectivity index is 1.52. The molecule has 6 nitrogen and oxygen atoms in total. The summed E-state index contributed by atoms with van der Waals surface area (Å²) in [7, 11) is 0.297. The molecule has 1 fully saturated rings. The van der Waals surface area contributed by atoms with Gasteiger partial charge in [0.15, 0.2) is 0 Å². The number of anilines is 1. The molecule has 0 aromatic heterocycles. The Morgan fingerprint density at radius 3 is 2.71 bits per heavy atom. The van der Waals surface area contributed by atoms with E-state index in [0.29, 0.717) is 24.0 Å². The molecule has 7 atom stereocenters. The first-order chi connectivity index (χ1) is 20.3. The summed E-state index contributed by atoms with van der Waals surface area (Å²) in [6, 6.07) is 11.9. The van der Waals surface area contributed by atoms with Crippen LogP contribution in [-0.4, -0.2) is 48.3 Å². The van der Waals surface area contributed by atoms with Gasteiger partial charge in [0.2, 0.25) is 0 Å². The van der Waals surface area contributed by atoms with Crippen LogP contribution in [0.4, 0.5) is 5.69 Å². The molecule has 0 saturated heterocycles. The van der Waals surface area contributed by atoms with E-state index < -0.39 is 11.0 Å². The number of allylic oxidation sites excluding steroid dienone is 1. The summed E-state index contributed by atoms with van der Waals surface area (Å²) >= 11 is 6.44. The Kier molecular flexibility index (Phi) is 10.3. The zero-order valence-corrected chi connectivity index (χ0v) is 26.9. The molecule has 2 aliphatic heterocycles. The van der Waals surface area contributed by atoms with Gasteiger partial charge in [-0.1, -0.05) is 50.1 Å². The summed E-state index contributed by atoms with van der Waals surface area (Å²) in [6.07, 6.45) is 10.7. The Labute approximate surface area is 258 Å². The Morgan fingerprint density at radius 2 is 1.98 bits per heavy atom. The molecule has 1 amide bonds. The molecular formula is C34H45ClN2O4S. The average molecular weight is 613 g/mol. The highest BCUT2D eigenvalue weighted by Crippen LogP contribution is 2.43. The van der Waals surface area contributed by atoms with Crippen molar-refractivity contribution in [2.45, 2.75) is 76.6 Å². The highest BCUT2D eigenvalue weighted by Gasteiger charge is 2.39. The first-order valence-corrected chi connectivity index (χ1v) is 17.1. The number of fused-ring (bicyclic) bond motifs is 2. The van der Waals surface area contributed by atoms with Crippen molar-refractivity contribution in [3.63, 3.8) is 0 Å². The van der Waals surface area contributed by atoms with Gasteiger partial charge in [-0.3, -0.25) is 9.52 Å². The Bertz CT molecular complexity index is 1320. The molecule has 8 heteroatoms. The minimum Gasteiger partial charge on any atom is -0.491 e. The number of benzene rings is 2. The predicted octanol–water partition coefficient (Wildman–Crippen LogP) is 7.08. The number of methoxy groups -OCH3 is 1. The molecule has 2 heterocycles. The second-order valence-corrected chi connectivity index (χ2v) is 14.3. The summed E-state index contributed by atoms with van der Waals surface area (Å²) in [5.41, 5.74) is 3.99. The molecule has 2 bridgehead atoms. The van der Waals surface area contributed by atoms with Crippen molar-refractivity contribution in [2.75, 3.05) is 31.7 Å². The molecule has 5 rings (SSSR count). The molecule has 7 unspecified atom stereocenters. The van der Waals surface area contributed by atoms with Crippen LogP contribution in [-0.2, 0) is 22.1 Å². The number of aryl methyl sites for hydroxylation is 1. The minimum absolute atomic E-state index is 0.0473. The van der Waals surface area contributed by atoms with Crippen LogP contribution < -0.4 is 14.4 Å². The number of nitrogens with one attached hydrogen (secondary N) is 1. The zero-order valence-electron chi connectivity index (χ0n) is 25.3. The Morgan fingerprint density at radius 1 is 1.14 bits per heavy atom. The smallest absolute Gasteiger partial charge is 0.263 e. The molecule has 2 aromatic rings. The van der Waals surface area contributed by atoms with E-state index in [1.165, 1.54) is 11.1 Å². The van der Waals surface area contributed by atoms with Crippen molar-refractivity contribution in [3.8, 4) is 5.75 Å². The molecule has 1 aliphatic carbocycles. The van der Waals surface area contributed by atoms with E-state index in [-0.39, 0.29) is 29.1 Å². The van der Waals surface area contributed by atoms with E-state index in [0.717, 1.165) is 68.1 Å². The number of amides is 1. The van der Waals surface area contributed by atoms with Crippen LogP contribution in [0.5, 0.6) is 5.75 Å². The second kappa shape index (κ2) is 14.0. The first-order valence-electron chi connectivity index (χ1n) is 15.5. The van der Waals surface area contributed by atoms with Crippen LogP contribution in [0.2, 0.25) is 5.02 Å². The highest BCUT2D eigenvalue weighted by molar-refractivity contribution is 7.84. The normalized spacial score (nSPS) is 30.7. The number of unbranched alkanes of at least 4 members (excludes halogenated alkanes) is 1. The van der Waals surface area contributed by atoms with E-state index in [1.54, 1.807) is 13.2 Å². The number of ether oxygens (including phenoxy) is 2. The lowest BCUT2D eigenvalue weighted by Gasteiger charge is -2.43. The molecule has 0 spiro atoms. The van der Waals surface area contributed by atoms with Crippen LogP contribution in [0.3, 0.4) is 0 Å². The maximum atomic E-state index is 13.3. The van der Waals surface area contributed by atoms with E-state index in [1.807, 2.05) is 25.1 Å². The predicted molar refractivity (Wildman–Crippen MR) is 172 cm³/mol. The summed E-state index contributed by atoms with van der Waals surface area (Å²) in [6.45, 7) is 8.41. The van der Waals surface area contributed by atoms with Gasteiger partial charge in [0.25, 0.3) is 5.91 Å². The first kappa shape index (κ1) is 31.1. The number of carbonyl (C=O) groups is 1. The third-order valence-corrected chi connectivity index (χ3v) is 11.3. The molecule has 42 heavy (non-hydrogen) atoms. The maximum Gasteiger partial charge on any atom is 0.263 e. The third-order valence-electron chi connectivity index (χ3n) is 9.58. The van der Waals surface area contributed by atoms with Crippen molar-refractivity contribution < 1.29 is 18.5 Å². The molecule has 1 N–H and O–H groups in total. The molecule has 3 aliphatic rings. The summed E-state index contributed by atoms with van der Waals surface area (Å²) in [4.78, 5) is 15.7. The van der Waals surface area contributed by atoms with Crippen LogP contribution in [0.1, 0.15) is 80.3 Å². The summed E-state index contributed by atoms with van der Waals surface area (Å²) in [5.74, 6) is 1.64. The van der Waals surface area contributed by atoms with Gasteiger partial charge < -0.3 is 14.4 Å². The lowest BCUT2D eigenvalue weighted by Crippen LogP contribution is -2.44. The van der Waals surface area contributed by atoms with E-state index in [4.69, 9.17) is 21.1 Å².